The molecule has 62 valence electrons. The van der Waals surface area contributed by atoms with Crippen LogP contribution in [0.4, 0.5) is 0 Å². The zero-order valence-corrected chi connectivity index (χ0v) is 7.55. The lowest BCUT2D eigenvalue weighted by molar-refractivity contribution is 0.376. The van der Waals surface area contributed by atoms with Crippen LogP contribution in [0.15, 0.2) is 0 Å². The van der Waals surface area contributed by atoms with E-state index in [1.807, 2.05) is 7.11 Å². The highest BCUT2D eigenvalue weighted by Crippen LogP contribution is 2.52. The van der Waals surface area contributed by atoms with Crippen molar-refractivity contribution in [2.45, 2.75) is 38.3 Å². The van der Waals surface area contributed by atoms with Crippen molar-refractivity contribution in [1.82, 2.24) is 0 Å². The summed E-state index contributed by atoms with van der Waals surface area (Å²) in [5.74, 6) is 2.95. The summed E-state index contributed by atoms with van der Waals surface area (Å²) in [7, 11) is 1.84. The van der Waals surface area contributed by atoms with Gasteiger partial charge in [0.05, 0.1) is 0 Å². The van der Waals surface area contributed by atoms with E-state index in [0.29, 0.717) is 6.92 Å². The van der Waals surface area contributed by atoms with E-state index in [1.54, 1.807) is 0 Å². The monoisotopic (exact) mass is 152 g/mol. The molecule has 0 radical (unpaired) electrons. The summed E-state index contributed by atoms with van der Waals surface area (Å²) in [4.78, 5) is 0. The van der Waals surface area contributed by atoms with Crippen LogP contribution in [-0.2, 0) is 4.65 Å². The zero-order chi connectivity index (χ0) is 7.84. The van der Waals surface area contributed by atoms with Gasteiger partial charge in [0, 0.05) is 7.11 Å². The lowest BCUT2D eigenvalue weighted by Crippen LogP contribution is -2.23. The highest BCUT2D eigenvalue weighted by Gasteiger charge is 2.43. The smallest absolute Gasteiger partial charge is 0.292 e. The van der Waals surface area contributed by atoms with Crippen LogP contribution >= 0.6 is 0 Å². The SMILES string of the molecule is COB(C)C1CC2CCC1C2. The molecule has 2 fully saturated rings. The van der Waals surface area contributed by atoms with Crippen LogP contribution in [0.1, 0.15) is 25.7 Å². The molecule has 1 nitrogen and oxygen atoms in total. The molecule has 0 aliphatic heterocycles. The molecule has 0 N–H and O–H groups in total. The molecule has 2 bridgehead atoms. The van der Waals surface area contributed by atoms with Gasteiger partial charge in [-0.15, -0.1) is 0 Å². The van der Waals surface area contributed by atoms with Gasteiger partial charge in [0.1, 0.15) is 0 Å². The maximum absolute atomic E-state index is 5.39. The van der Waals surface area contributed by atoms with Gasteiger partial charge in [-0.1, -0.05) is 26.1 Å². The van der Waals surface area contributed by atoms with Crippen molar-refractivity contribution in [3.05, 3.63) is 0 Å². The first kappa shape index (κ1) is 7.66. The molecule has 2 aliphatic carbocycles. The number of fused-ring (bicyclic) bond motifs is 2. The Morgan fingerprint density at radius 3 is 2.55 bits per heavy atom. The van der Waals surface area contributed by atoms with Gasteiger partial charge in [0.15, 0.2) is 0 Å². The van der Waals surface area contributed by atoms with Crippen molar-refractivity contribution in [1.29, 1.82) is 0 Å². The molecule has 11 heavy (non-hydrogen) atoms. The van der Waals surface area contributed by atoms with Crippen LogP contribution in [0.25, 0.3) is 0 Å². The third-order valence-corrected chi connectivity index (χ3v) is 3.77. The summed E-state index contributed by atoms with van der Waals surface area (Å²) in [6.07, 6.45) is 5.92. The van der Waals surface area contributed by atoms with Crippen LogP contribution in [0, 0.1) is 11.8 Å². The fraction of sp³-hybridized carbons (Fsp3) is 1.00. The molecule has 2 rings (SSSR count). The molecule has 0 heterocycles. The molecule has 0 spiro atoms. The lowest BCUT2D eigenvalue weighted by Gasteiger charge is -2.23. The van der Waals surface area contributed by atoms with Gasteiger partial charge in [0.2, 0.25) is 0 Å². The second-order valence-corrected chi connectivity index (χ2v) is 4.28. The third-order valence-electron chi connectivity index (χ3n) is 3.77. The predicted molar refractivity (Wildman–Crippen MR) is 47.8 cm³/mol. The van der Waals surface area contributed by atoms with Gasteiger partial charge in [-0.05, 0) is 24.1 Å². The quantitative estimate of drug-likeness (QED) is 0.552. The molecular weight excluding hydrogens is 135 g/mol. The first-order valence-corrected chi connectivity index (χ1v) is 4.84. The van der Waals surface area contributed by atoms with Crippen molar-refractivity contribution in [2.75, 3.05) is 7.11 Å². The topological polar surface area (TPSA) is 9.23 Å². The Balaban J connectivity index is 1.96. The van der Waals surface area contributed by atoms with Gasteiger partial charge in [-0.25, -0.2) is 0 Å². The molecule has 2 aliphatic rings. The Hall–Kier alpha value is 0.0249. The largest absolute Gasteiger partial charge is 0.438 e. The Morgan fingerprint density at radius 1 is 1.27 bits per heavy atom. The minimum Gasteiger partial charge on any atom is -0.438 e. The maximum atomic E-state index is 5.39. The highest BCUT2D eigenvalue weighted by atomic mass is 16.4. The summed E-state index contributed by atoms with van der Waals surface area (Å²) < 4.78 is 5.39. The number of hydrogen-bond donors (Lipinski definition) is 0. The first-order chi connectivity index (χ1) is 5.31. The van der Waals surface area contributed by atoms with Gasteiger partial charge >= 0.3 is 0 Å². The van der Waals surface area contributed by atoms with Crippen LogP contribution in [0.5, 0.6) is 0 Å². The third kappa shape index (κ3) is 1.22. The summed E-state index contributed by atoms with van der Waals surface area (Å²) in [6, 6.07) is 0. The van der Waals surface area contributed by atoms with Crippen molar-refractivity contribution < 1.29 is 4.65 Å². The van der Waals surface area contributed by atoms with Gasteiger partial charge in [0.25, 0.3) is 6.92 Å². The molecule has 2 heteroatoms. The molecule has 0 aromatic carbocycles. The average Bonchev–Trinajstić information content (AvgIpc) is 2.62. The summed E-state index contributed by atoms with van der Waals surface area (Å²) in [5.41, 5.74) is 0. The number of hydrogen-bond acceptors (Lipinski definition) is 1. The molecule has 0 aromatic rings. The van der Waals surface area contributed by atoms with E-state index in [0.717, 1.165) is 17.7 Å². The Kier molecular flexibility index (Phi) is 1.96. The van der Waals surface area contributed by atoms with E-state index in [4.69, 9.17) is 4.65 Å². The fourth-order valence-corrected chi connectivity index (χ4v) is 3.04. The highest BCUT2D eigenvalue weighted by molar-refractivity contribution is 6.52. The Labute approximate surface area is 69.6 Å². The minimum atomic E-state index is 0.505. The van der Waals surface area contributed by atoms with Gasteiger partial charge < -0.3 is 4.65 Å². The van der Waals surface area contributed by atoms with Crippen LogP contribution < -0.4 is 0 Å². The molecule has 2 saturated carbocycles. The van der Waals surface area contributed by atoms with E-state index >= 15 is 0 Å². The van der Waals surface area contributed by atoms with E-state index in [-0.39, 0.29) is 0 Å². The minimum absolute atomic E-state index is 0.505. The van der Waals surface area contributed by atoms with E-state index < -0.39 is 0 Å². The van der Waals surface area contributed by atoms with Crippen LogP contribution in [0.2, 0.25) is 12.6 Å². The second kappa shape index (κ2) is 2.82. The van der Waals surface area contributed by atoms with Crippen molar-refractivity contribution in [3.8, 4) is 0 Å². The van der Waals surface area contributed by atoms with Crippen molar-refractivity contribution in [2.24, 2.45) is 11.8 Å². The molecule has 0 saturated heterocycles. The predicted octanol–water partition coefficient (Wildman–Crippen LogP) is 2.44. The molecular formula is C9H17BO. The van der Waals surface area contributed by atoms with Crippen LogP contribution in [0.3, 0.4) is 0 Å². The first-order valence-electron chi connectivity index (χ1n) is 4.84. The molecule has 3 atom stereocenters. The van der Waals surface area contributed by atoms with Crippen molar-refractivity contribution >= 4 is 6.92 Å². The lowest BCUT2D eigenvalue weighted by atomic mass is 9.53. The maximum Gasteiger partial charge on any atom is 0.292 e. The fourth-order valence-electron chi connectivity index (χ4n) is 3.04. The van der Waals surface area contributed by atoms with E-state index in [2.05, 4.69) is 6.82 Å². The standard InChI is InChI=1S/C9H17BO/c1-10(11-2)9-6-7-3-4-8(9)5-7/h7-9H,3-6H2,1-2H3. The second-order valence-electron chi connectivity index (χ2n) is 4.28. The zero-order valence-electron chi connectivity index (χ0n) is 7.55. The summed E-state index contributed by atoms with van der Waals surface area (Å²) >= 11 is 0. The van der Waals surface area contributed by atoms with E-state index in [9.17, 15) is 0 Å². The summed E-state index contributed by atoms with van der Waals surface area (Å²) in [5, 5.41) is 0. The normalized spacial score (nSPS) is 41.5. The van der Waals surface area contributed by atoms with Gasteiger partial charge in [-0.2, -0.15) is 0 Å². The molecule has 0 aromatic heterocycles. The summed E-state index contributed by atoms with van der Waals surface area (Å²) in [6.45, 7) is 2.73. The van der Waals surface area contributed by atoms with Gasteiger partial charge in [-0.3, -0.25) is 0 Å². The van der Waals surface area contributed by atoms with Crippen LogP contribution in [-0.4, -0.2) is 14.0 Å². The molecule has 0 amide bonds. The Morgan fingerprint density at radius 2 is 2.09 bits per heavy atom. The van der Waals surface area contributed by atoms with E-state index in [1.165, 1.54) is 25.7 Å². The average molecular weight is 152 g/mol. The van der Waals surface area contributed by atoms with Crippen molar-refractivity contribution in [3.63, 3.8) is 0 Å². The molecule has 3 unspecified atom stereocenters. The number of rotatable bonds is 2. The Bertz CT molecular complexity index is 148.